The molecule has 0 aromatic rings. The molecule has 2 atom stereocenters. The summed E-state index contributed by atoms with van der Waals surface area (Å²) in [5.74, 6) is -0.301. The van der Waals surface area contributed by atoms with Gasteiger partial charge in [0.2, 0.25) is 0 Å². The summed E-state index contributed by atoms with van der Waals surface area (Å²) < 4.78 is 17.6. The zero-order valence-corrected chi connectivity index (χ0v) is 25.5. The van der Waals surface area contributed by atoms with Crippen LogP contribution in [0.4, 0.5) is 4.79 Å². The summed E-state index contributed by atoms with van der Waals surface area (Å²) in [5, 5.41) is 0. The molecule has 0 N–H and O–H groups in total. The van der Waals surface area contributed by atoms with E-state index >= 15 is 0 Å². The molecule has 0 aromatic heterocycles. The molecule has 0 spiro atoms. The maximum atomic E-state index is 13.1. The van der Waals surface area contributed by atoms with E-state index in [2.05, 4.69) is 13.0 Å². The van der Waals surface area contributed by atoms with E-state index in [1.54, 1.807) is 4.90 Å². The van der Waals surface area contributed by atoms with Crippen LogP contribution in [0.2, 0.25) is 0 Å². The molecule has 0 radical (unpaired) electrons. The third kappa shape index (κ3) is 13.2. The highest BCUT2D eigenvalue weighted by Crippen LogP contribution is 2.35. The average molecular weight is 524 g/mol. The second-order valence-electron chi connectivity index (χ2n) is 13.0. The quantitative estimate of drug-likeness (QED) is 0.122. The zero-order chi connectivity index (χ0) is 28.1. The minimum Gasteiger partial charge on any atom is -0.463 e. The van der Waals surface area contributed by atoms with Crippen molar-refractivity contribution in [1.82, 2.24) is 4.90 Å². The van der Waals surface area contributed by atoms with Crippen molar-refractivity contribution in [3.63, 3.8) is 0 Å². The Morgan fingerprint density at radius 2 is 1.38 bits per heavy atom. The minimum atomic E-state index is -0.882. The van der Waals surface area contributed by atoms with Crippen LogP contribution in [0.1, 0.15) is 139 Å². The molecule has 1 saturated heterocycles. The van der Waals surface area contributed by atoms with Gasteiger partial charge >= 0.3 is 12.1 Å². The number of hydrogen-bond donors (Lipinski definition) is 0. The van der Waals surface area contributed by atoms with E-state index in [1.165, 1.54) is 64.2 Å². The fourth-order valence-corrected chi connectivity index (χ4v) is 4.55. The molecule has 37 heavy (non-hydrogen) atoms. The zero-order valence-electron chi connectivity index (χ0n) is 25.5. The van der Waals surface area contributed by atoms with E-state index in [-0.39, 0.29) is 18.7 Å². The number of hydrogen-bond acceptors (Lipinski definition) is 5. The van der Waals surface area contributed by atoms with Crippen LogP contribution in [0.15, 0.2) is 12.2 Å². The molecule has 0 aliphatic carbocycles. The monoisotopic (exact) mass is 523 g/mol. The van der Waals surface area contributed by atoms with Crippen LogP contribution in [-0.4, -0.2) is 47.0 Å². The second-order valence-corrected chi connectivity index (χ2v) is 13.0. The molecule has 1 amide bonds. The van der Waals surface area contributed by atoms with Crippen LogP contribution in [0.3, 0.4) is 0 Å². The summed E-state index contributed by atoms with van der Waals surface area (Å²) in [4.78, 5) is 27.2. The highest BCUT2D eigenvalue weighted by molar-refractivity contribution is 5.75. The van der Waals surface area contributed by atoms with Crippen LogP contribution in [-0.2, 0) is 19.0 Å². The summed E-state index contributed by atoms with van der Waals surface area (Å²) in [6, 6.07) is -0.454. The van der Waals surface area contributed by atoms with Crippen molar-refractivity contribution in [2.24, 2.45) is 5.41 Å². The first-order chi connectivity index (χ1) is 17.2. The first kappa shape index (κ1) is 33.5. The lowest BCUT2D eigenvalue weighted by atomic mass is 9.97. The van der Waals surface area contributed by atoms with Gasteiger partial charge in [0.15, 0.2) is 0 Å². The van der Waals surface area contributed by atoms with Gasteiger partial charge in [-0.1, -0.05) is 83.3 Å². The van der Waals surface area contributed by atoms with Crippen LogP contribution in [0, 0.1) is 5.41 Å². The smallest absolute Gasteiger partial charge is 0.413 e. The lowest BCUT2D eigenvalue weighted by Gasteiger charge is -2.35. The fourth-order valence-electron chi connectivity index (χ4n) is 4.55. The molecule has 1 aliphatic rings. The van der Waals surface area contributed by atoms with Crippen LogP contribution in [0.25, 0.3) is 0 Å². The molecule has 1 heterocycles. The summed E-state index contributed by atoms with van der Waals surface area (Å²) in [6.07, 6.45) is 18.9. The van der Waals surface area contributed by atoms with Crippen molar-refractivity contribution in [1.29, 1.82) is 0 Å². The Kier molecular flexibility index (Phi) is 14.3. The second kappa shape index (κ2) is 15.8. The first-order valence-electron chi connectivity index (χ1n) is 14.7. The van der Waals surface area contributed by atoms with E-state index in [9.17, 15) is 9.59 Å². The van der Waals surface area contributed by atoms with Crippen molar-refractivity contribution < 1.29 is 23.8 Å². The Balaban J connectivity index is 2.62. The summed E-state index contributed by atoms with van der Waals surface area (Å²) in [6.45, 7) is 17.0. The molecular weight excluding hydrogens is 466 g/mol. The number of carbonyl (C=O) groups is 2. The fraction of sp³-hybridized carbons (Fsp3) is 0.871. The van der Waals surface area contributed by atoms with E-state index in [0.717, 1.165) is 12.8 Å². The van der Waals surface area contributed by atoms with Gasteiger partial charge in [-0.15, -0.1) is 0 Å². The Morgan fingerprint density at radius 1 is 0.865 bits per heavy atom. The normalized spacial score (nSPS) is 20.0. The number of nitrogens with zero attached hydrogens (tertiary/aromatic N) is 1. The van der Waals surface area contributed by atoms with Gasteiger partial charge in [0.05, 0.1) is 5.41 Å². The number of amides is 1. The number of rotatable bonds is 15. The molecule has 6 heteroatoms. The van der Waals surface area contributed by atoms with Gasteiger partial charge in [-0.25, -0.2) is 4.79 Å². The molecule has 0 bridgehead atoms. The topological polar surface area (TPSA) is 65.1 Å². The van der Waals surface area contributed by atoms with Gasteiger partial charge in [0, 0.05) is 0 Å². The van der Waals surface area contributed by atoms with E-state index < -0.39 is 28.9 Å². The average Bonchev–Trinajstić information content (AvgIpc) is 3.02. The third-order valence-corrected chi connectivity index (χ3v) is 6.60. The third-order valence-electron chi connectivity index (χ3n) is 6.60. The molecule has 216 valence electrons. The highest BCUT2D eigenvalue weighted by Gasteiger charge is 2.51. The van der Waals surface area contributed by atoms with Gasteiger partial charge < -0.3 is 14.2 Å². The molecular formula is C31H57NO5. The van der Waals surface area contributed by atoms with Crippen molar-refractivity contribution in [3.8, 4) is 0 Å². The Labute approximate surface area is 227 Å². The largest absolute Gasteiger partial charge is 0.463 e. The molecule has 1 rings (SSSR count). The number of carbonyl (C=O) groups excluding carboxylic acids is 2. The van der Waals surface area contributed by atoms with Gasteiger partial charge in [0.1, 0.15) is 30.1 Å². The first-order valence-corrected chi connectivity index (χ1v) is 14.7. The molecule has 6 nitrogen and oxygen atoms in total. The highest BCUT2D eigenvalue weighted by atomic mass is 16.6. The van der Waals surface area contributed by atoms with Gasteiger partial charge in [0.25, 0.3) is 0 Å². The van der Waals surface area contributed by atoms with Crippen molar-refractivity contribution >= 4 is 12.1 Å². The lowest BCUT2D eigenvalue weighted by molar-refractivity contribution is -0.154. The SMILES string of the molecule is CCCCCCCCCCCCC/C=C/C1OC(C)(C)N(C(=O)OC(C)(C)C)C1COC(=O)C(C)(C)C. The number of esters is 1. The maximum absolute atomic E-state index is 13.1. The summed E-state index contributed by atoms with van der Waals surface area (Å²) in [7, 11) is 0. The number of unbranched alkanes of at least 4 members (excludes halogenated alkanes) is 11. The van der Waals surface area contributed by atoms with Crippen LogP contribution in [0.5, 0.6) is 0 Å². The molecule has 0 saturated carbocycles. The number of ether oxygens (including phenoxy) is 3. The Morgan fingerprint density at radius 3 is 1.86 bits per heavy atom. The summed E-state index contributed by atoms with van der Waals surface area (Å²) >= 11 is 0. The molecule has 1 fully saturated rings. The van der Waals surface area contributed by atoms with E-state index in [1.807, 2.05) is 61.5 Å². The molecule has 0 aromatic carbocycles. The van der Waals surface area contributed by atoms with Crippen LogP contribution < -0.4 is 0 Å². The Bertz CT molecular complexity index is 701. The summed E-state index contributed by atoms with van der Waals surface area (Å²) in [5.41, 5.74) is -2.14. The van der Waals surface area contributed by atoms with Crippen molar-refractivity contribution in [2.45, 2.75) is 163 Å². The van der Waals surface area contributed by atoms with E-state index in [4.69, 9.17) is 14.2 Å². The Hall–Kier alpha value is -1.56. The maximum Gasteiger partial charge on any atom is 0.413 e. The minimum absolute atomic E-state index is 0.0617. The predicted octanol–water partition coefficient (Wildman–Crippen LogP) is 8.57. The van der Waals surface area contributed by atoms with Crippen molar-refractivity contribution in [2.75, 3.05) is 6.61 Å². The van der Waals surface area contributed by atoms with E-state index in [0.29, 0.717) is 0 Å². The van der Waals surface area contributed by atoms with Gasteiger partial charge in [-0.2, -0.15) is 0 Å². The molecule has 2 unspecified atom stereocenters. The van der Waals surface area contributed by atoms with Gasteiger partial charge in [-0.05, 0) is 68.2 Å². The molecule has 1 aliphatic heterocycles. The lowest BCUT2D eigenvalue weighted by Crippen LogP contribution is -2.52. The van der Waals surface area contributed by atoms with Crippen molar-refractivity contribution in [3.05, 3.63) is 12.2 Å². The van der Waals surface area contributed by atoms with Gasteiger partial charge in [-0.3, -0.25) is 9.69 Å². The van der Waals surface area contributed by atoms with Crippen LogP contribution >= 0.6 is 0 Å². The number of allylic oxidation sites excluding steroid dienone is 1. The predicted molar refractivity (Wildman–Crippen MR) is 151 cm³/mol. The standard InChI is InChI=1S/C31H57NO5/c1-10-11-12-13-14-15-16-17-18-19-20-21-22-23-26-25(24-35-27(33)29(2,3)4)32(31(8,9)36-26)28(34)37-30(5,6)7/h22-23,25-26H,10-21,24H2,1-9H3/b23-22+.